The van der Waals surface area contributed by atoms with Crippen molar-refractivity contribution in [3.63, 3.8) is 0 Å². The van der Waals surface area contributed by atoms with Gasteiger partial charge in [-0.25, -0.2) is 9.59 Å². The van der Waals surface area contributed by atoms with Crippen LogP contribution < -0.4 is 11.1 Å². The number of carboxylic acid groups (broad SMARTS) is 3. The normalized spacial score (nSPS) is 13.3. The van der Waals surface area contributed by atoms with Gasteiger partial charge in [-0.1, -0.05) is 21.6 Å². The molecule has 0 rings (SSSR count). The van der Waals surface area contributed by atoms with Gasteiger partial charge in [0.2, 0.25) is 0 Å². The predicted molar refractivity (Wildman–Crippen MR) is 67.7 cm³/mol. The number of hydrogen-bond acceptors (Lipinski definition) is 7. The van der Waals surface area contributed by atoms with E-state index in [1.807, 2.05) is 5.32 Å². The molecule has 0 unspecified atom stereocenters. The molecule has 2 atom stereocenters. The SMILES string of the molecule is N[C@@H](CSSC[C@H](NC(=O)C(=O)O)C(=O)O)C(=O)O. The molecule has 0 saturated carbocycles. The molecule has 1 amide bonds. The van der Waals surface area contributed by atoms with Crippen LogP contribution in [0.25, 0.3) is 0 Å². The zero-order valence-electron chi connectivity index (χ0n) is 9.44. The summed E-state index contributed by atoms with van der Waals surface area (Å²) >= 11 is 0. The maximum Gasteiger partial charge on any atom is 0.394 e. The van der Waals surface area contributed by atoms with Crippen LogP contribution in [-0.2, 0) is 19.2 Å². The van der Waals surface area contributed by atoms with Crippen LogP contribution in [0.3, 0.4) is 0 Å². The molecule has 0 aliphatic rings. The quantitative estimate of drug-likeness (QED) is 0.201. The van der Waals surface area contributed by atoms with Crippen molar-refractivity contribution in [2.24, 2.45) is 5.73 Å². The van der Waals surface area contributed by atoms with Crippen molar-refractivity contribution in [1.82, 2.24) is 5.32 Å². The molecule has 11 heteroatoms. The summed E-state index contributed by atoms with van der Waals surface area (Å²) in [6.45, 7) is 0. The van der Waals surface area contributed by atoms with Crippen molar-refractivity contribution >= 4 is 45.4 Å². The molecule has 9 nitrogen and oxygen atoms in total. The summed E-state index contributed by atoms with van der Waals surface area (Å²) in [5.41, 5.74) is 5.22. The topological polar surface area (TPSA) is 167 Å². The van der Waals surface area contributed by atoms with Gasteiger partial charge in [0.05, 0.1) is 0 Å². The molecule has 6 N–H and O–H groups in total. The minimum atomic E-state index is -1.78. The summed E-state index contributed by atoms with van der Waals surface area (Å²) in [5.74, 6) is -5.82. The number of carbonyl (C=O) groups is 4. The van der Waals surface area contributed by atoms with Crippen LogP contribution in [0, 0.1) is 0 Å². The van der Waals surface area contributed by atoms with Crippen LogP contribution in [0.5, 0.6) is 0 Å². The van der Waals surface area contributed by atoms with E-state index in [1.165, 1.54) is 0 Å². The van der Waals surface area contributed by atoms with E-state index in [4.69, 9.17) is 21.1 Å². The summed E-state index contributed by atoms with van der Waals surface area (Å²) in [6.07, 6.45) is 0. The van der Waals surface area contributed by atoms with E-state index < -0.39 is 35.9 Å². The lowest BCUT2D eigenvalue weighted by molar-refractivity contribution is -0.151. The Bertz CT molecular complexity index is 376. The second-order valence-electron chi connectivity index (χ2n) is 3.18. The van der Waals surface area contributed by atoms with Gasteiger partial charge in [0.1, 0.15) is 12.1 Å². The van der Waals surface area contributed by atoms with Gasteiger partial charge in [-0.3, -0.25) is 9.59 Å². The monoisotopic (exact) mass is 312 g/mol. The van der Waals surface area contributed by atoms with E-state index in [1.54, 1.807) is 0 Å². The lowest BCUT2D eigenvalue weighted by atomic mass is 10.3. The zero-order chi connectivity index (χ0) is 15.0. The Morgan fingerprint density at radius 1 is 1.00 bits per heavy atom. The zero-order valence-corrected chi connectivity index (χ0v) is 11.1. The second-order valence-corrected chi connectivity index (χ2v) is 5.74. The molecule has 0 aromatic rings. The molecular formula is C8H12N2O7S2. The van der Waals surface area contributed by atoms with Crippen LogP contribution in [0.4, 0.5) is 0 Å². The largest absolute Gasteiger partial charge is 0.480 e. The third-order valence-corrected chi connectivity index (χ3v) is 4.13. The third-order valence-electron chi connectivity index (χ3n) is 1.68. The first kappa shape index (κ1) is 17.5. The molecule has 0 spiro atoms. The first-order valence-corrected chi connectivity index (χ1v) is 7.24. The highest BCUT2D eigenvalue weighted by atomic mass is 33.1. The van der Waals surface area contributed by atoms with Crippen molar-refractivity contribution in [3.05, 3.63) is 0 Å². The highest BCUT2D eigenvalue weighted by Gasteiger charge is 2.23. The van der Waals surface area contributed by atoms with E-state index in [0.29, 0.717) is 0 Å². The van der Waals surface area contributed by atoms with Crippen LogP contribution in [-0.4, -0.2) is 62.7 Å². The fourth-order valence-corrected chi connectivity index (χ4v) is 2.97. The van der Waals surface area contributed by atoms with Gasteiger partial charge in [0.15, 0.2) is 0 Å². The Kier molecular flexibility index (Phi) is 7.95. The van der Waals surface area contributed by atoms with Crippen molar-refractivity contribution in [2.75, 3.05) is 11.5 Å². The second kappa shape index (κ2) is 8.61. The smallest absolute Gasteiger partial charge is 0.394 e. The average Bonchev–Trinajstić information content (AvgIpc) is 2.31. The van der Waals surface area contributed by atoms with Crippen LogP contribution in [0.15, 0.2) is 0 Å². The molecule has 0 aromatic heterocycles. The van der Waals surface area contributed by atoms with Crippen LogP contribution in [0.2, 0.25) is 0 Å². The predicted octanol–water partition coefficient (Wildman–Crippen LogP) is -1.57. The van der Waals surface area contributed by atoms with Gasteiger partial charge >= 0.3 is 23.8 Å². The molecule has 0 bridgehead atoms. The first-order valence-electron chi connectivity index (χ1n) is 4.75. The molecule has 0 aliphatic heterocycles. The highest BCUT2D eigenvalue weighted by Crippen LogP contribution is 2.22. The molecule has 19 heavy (non-hydrogen) atoms. The molecule has 0 saturated heterocycles. The number of carboxylic acids is 3. The Morgan fingerprint density at radius 3 is 1.95 bits per heavy atom. The number of nitrogens with two attached hydrogens (primary N) is 1. The Labute approximate surface area is 115 Å². The van der Waals surface area contributed by atoms with Gasteiger partial charge in [-0.05, 0) is 0 Å². The van der Waals surface area contributed by atoms with Gasteiger partial charge in [0, 0.05) is 11.5 Å². The lowest BCUT2D eigenvalue weighted by Gasteiger charge is -2.12. The van der Waals surface area contributed by atoms with E-state index in [9.17, 15) is 19.2 Å². The molecule has 0 fully saturated rings. The maximum absolute atomic E-state index is 10.8. The fourth-order valence-electron chi connectivity index (χ4n) is 0.704. The number of amides is 1. The number of carbonyl (C=O) groups excluding carboxylic acids is 1. The molecular weight excluding hydrogens is 300 g/mol. The van der Waals surface area contributed by atoms with Gasteiger partial charge in [-0.15, -0.1) is 0 Å². The lowest BCUT2D eigenvalue weighted by Crippen LogP contribution is -2.45. The van der Waals surface area contributed by atoms with Crippen molar-refractivity contribution in [2.45, 2.75) is 12.1 Å². The summed E-state index contributed by atoms with van der Waals surface area (Å²) in [5, 5.41) is 27.4. The molecule has 0 heterocycles. The highest BCUT2D eigenvalue weighted by molar-refractivity contribution is 8.76. The van der Waals surface area contributed by atoms with Crippen molar-refractivity contribution < 1.29 is 34.5 Å². The van der Waals surface area contributed by atoms with E-state index in [-0.39, 0.29) is 11.5 Å². The number of aliphatic carboxylic acids is 3. The molecule has 0 aromatic carbocycles. The Balaban J connectivity index is 4.10. The third kappa shape index (κ3) is 7.54. The number of nitrogens with one attached hydrogen (secondary N) is 1. The summed E-state index contributed by atoms with van der Waals surface area (Å²) in [6, 6.07) is -2.45. The Hall–Kier alpha value is -1.46. The molecule has 0 aliphatic carbocycles. The standard InChI is InChI=1S/C8H12N2O7S2/c9-3(6(12)13)1-18-19-2-4(7(14)15)10-5(11)8(16)17/h3-4H,1-2,9H2,(H,10,11)(H,12,13)(H,14,15)(H,16,17)/t3-,4-/m0/s1. The summed E-state index contributed by atoms with van der Waals surface area (Å²) in [4.78, 5) is 42.2. The molecule has 0 radical (unpaired) electrons. The number of hydrogen-bond donors (Lipinski definition) is 5. The Morgan fingerprint density at radius 2 is 1.53 bits per heavy atom. The van der Waals surface area contributed by atoms with Gasteiger partial charge < -0.3 is 26.4 Å². The minimum Gasteiger partial charge on any atom is -0.480 e. The minimum absolute atomic E-state index is 0.0548. The molecule has 108 valence electrons. The maximum atomic E-state index is 10.8. The first-order chi connectivity index (χ1) is 8.75. The van der Waals surface area contributed by atoms with E-state index in [0.717, 1.165) is 21.6 Å². The fraction of sp³-hybridized carbons (Fsp3) is 0.500. The average molecular weight is 312 g/mol. The number of rotatable bonds is 8. The van der Waals surface area contributed by atoms with Gasteiger partial charge in [-0.2, -0.15) is 0 Å². The van der Waals surface area contributed by atoms with E-state index in [2.05, 4.69) is 0 Å². The van der Waals surface area contributed by atoms with Crippen molar-refractivity contribution in [3.8, 4) is 0 Å². The van der Waals surface area contributed by atoms with Crippen LogP contribution in [0.1, 0.15) is 0 Å². The summed E-state index contributed by atoms with van der Waals surface area (Å²) in [7, 11) is 1.99. The van der Waals surface area contributed by atoms with Crippen molar-refractivity contribution in [1.29, 1.82) is 0 Å². The van der Waals surface area contributed by atoms with E-state index >= 15 is 0 Å². The van der Waals surface area contributed by atoms with Crippen LogP contribution >= 0.6 is 21.6 Å². The van der Waals surface area contributed by atoms with Gasteiger partial charge in [0.25, 0.3) is 0 Å². The summed E-state index contributed by atoms with van der Waals surface area (Å²) < 4.78 is 0.